The predicted octanol–water partition coefficient (Wildman–Crippen LogP) is 4.92. The van der Waals surface area contributed by atoms with E-state index in [4.69, 9.17) is 10.3 Å². The van der Waals surface area contributed by atoms with E-state index in [1.165, 1.54) is 27.2 Å². The van der Waals surface area contributed by atoms with Crippen molar-refractivity contribution in [2.24, 2.45) is 5.11 Å². The summed E-state index contributed by atoms with van der Waals surface area (Å²) in [4.78, 5) is 19.8. The molecule has 3 rings (SSSR count). The zero-order valence-corrected chi connectivity index (χ0v) is 16.8. The summed E-state index contributed by atoms with van der Waals surface area (Å²) in [5.74, 6) is 1.36. The zero-order chi connectivity index (χ0) is 21.2. The van der Waals surface area contributed by atoms with E-state index in [2.05, 4.69) is 35.3 Å². The Morgan fingerprint density at radius 1 is 1.10 bits per heavy atom. The van der Waals surface area contributed by atoms with E-state index < -0.39 is 11.2 Å². The molecular formula is C19H21FN8O. The number of hydrogen-bond acceptors (Lipinski definition) is 7. The van der Waals surface area contributed by atoms with Crippen LogP contribution in [-0.4, -0.2) is 27.0 Å². The standard InChI is InChI=1S/C19H21FN8O/c1-18(2,20)17-22-7-6-14(26-17)25-15-8-11-12(9-23-15)16(29-5)24-10-13(11)19(3,4)27-28-21/h6-10H,1-5H3,(H,22,23,25,26). The normalized spacial score (nSPS) is 11.8. The SMILES string of the molecule is COc1ncc(C(C)(C)N=[N+]=[N-])c2cc(Nc3ccnc(C(C)(C)F)n3)ncc12. The van der Waals surface area contributed by atoms with E-state index in [0.29, 0.717) is 28.5 Å². The van der Waals surface area contributed by atoms with Crippen molar-refractivity contribution in [3.63, 3.8) is 0 Å². The Bertz CT molecular complexity index is 1100. The first-order valence-corrected chi connectivity index (χ1v) is 8.84. The van der Waals surface area contributed by atoms with Gasteiger partial charge in [0.05, 0.1) is 18.0 Å². The molecule has 0 atom stereocenters. The molecule has 3 aromatic heterocycles. The topological polar surface area (TPSA) is 122 Å². The average Bonchev–Trinajstić information content (AvgIpc) is 2.66. The maximum absolute atomic E-state index is 14.2. The number of azide groups is 1. The molecule has 0 radical (unpaired) electrons. The fourth-order valence-electron chi connectivity index (χ4n) is 2.84. The molecule has 9 nitrogen and oxygen atoms in total. The van der Waals surface area contributed by atoms with Crippen LogP contribution in [0.5, 0.6) is 5.88 Å². The van der Waals surface area contributed by atoms with Crippen LogP contribution in [0.1, 0.15) is 39.1 Å². The van der Waals surface area contributed by atoms with Crippen LogP contribution < -0.4 is 10.1 Å². The minimum absolute atomic E-state index is 0.0688. The summed E-state index contributed by atoms with van der Waals surface area (Å²) >= 11 is 0. The van der Waals surface area contributed by atoms with E-state index in [1.807, 2.05) is 0 Å². The molecule has 0 aliphatic carbocycles. The molecule has 0 fully saturated rings. The molecule has 3 aromatic rings. The lowest BCUT2D eigenvalue weighted by molar-refractivity contribution is 0.206. The molecule has 10 heteroatoms. The molecule has 0 aromatic carbocycles. The van der Waals surface area contributed by atoms with Crippen molar-refractivity contribution in [2.45, 2.75) is 38.9 Å². The van der Waals surface area contributed by atoms with Crippen molar-refractivity contribution < 1.29 is 9.13 Å². The molecule has 0 unspecified atom stereocenters. The highest BCUT2D eigenvalue weighted by molar-refractivity contribution is 5.91. The molecule has 0 saturated heterocycles. The number of methoxy groups -OCH3 is 1. The van der Waals surface area contributed by atoms with Crippen molar-refractivity contribution in [3.05, 3.63) is 52.6 Å². The molecule has 150 valence electrons. The minimum atomic E-state index is -1.67. The van der Waals surface area contributed by atoms with Crippen LogP contribution >= 0.6 is 0 Å². The molecule has 0 bridgehead atoms. The monoisotopic (exact) mass is 396 g/mol. The smallest absolute Gasteiger partial charge is 0.222 e. The van der Waals surface area contributed by atoms with Gasteiger partial charge in [-0.3, -0.25) is 0 Å². The van der Waals surface area contributed by atoms with Gasteiger partial charge in [-0.25, -0.2) is 24.3 Å². The fourth-order valence-corrected chi connectivity index (χ4v) is 2.84. The second kappa shape index (κ2) is 7.48. The van der Waals surface area contributed by atoms with Crippen LogP contribution in [0.25, 0.3) is 21.2 Å². The summed E-state index contributed by atoms with van der Waals surface area (Å²) in [5.41, 5.74) is 7.12. The molecule has 1 N–H and O–H groups in total. The fraction of sp³-hybridized carbons (Fsp3) is 0.368. The number of halogens is 1. The Labute approximate surface area is 167 Å². The Morgan fingerprint density at radius 2 is 1.86 bits per heavy atom. The molecule has 3 heterocycles. The summed E-state index contributed by atoms with van der Waals surface area (Å²) in [7, 11) is 1.52. The van der Waals surface area contributed by atoms with Crippen molar-refractivity contribution in [3.8, 4) is 5.88 Å². The Morgan fingerprint density at radius 3 is 2.52 bits per heavy atom. The highest BCUT2D eigenvalue weighted by Gasteiger charge is 2.25. The summed E-state index contributed by atoms with van der Waals surface area (Å²) in [6, 6.07) is 3.41. The molecule has 0 spiro atoms. The van der Waals surface area contributed by atoms with Gasteiger partial charge in [0.25, 0.3) is 0 Å². The van der Waals surface area contributed by atoms with Crippen molar-refractivity contribution >= 4 is 22.4 Å². The van der Waals surface area contributed by atoms with Crippen molar-refractivity contribution in [1.82, 2.24) is 19.9 Å². The van der Waals surface area contributed by atoms with Crippen LogP contribution in [0.4, 0.5) is 16.0 Å². The minimum Gasteiger partial charge on any atom is -0.481 e. The van der Waals surface area contributed by atoms with Gasteiger partial charge in [-0.15, -0.1) is 0 Å². The van der Waals surface area contributed by atoms with Gasteiger partial charge in [0, 0.05) is 23.5 Å². The third-order valence-electron chi connectivity index (χ3n) is 4.33. The van der Waals surface area contributed by atoms with Gasteiger partial charge in [0.15, 0.2) is 11.5 Å². The number of fused-ring (bicyclic) bond motifs is 1. The van der Waals surface area contributed by atoms with Gasteiger partial charge >= 0.3 is 0 Å². The lowest BCUT2D eigenvalue weighted by Crippen LogP contribution is -2.15. The predicted molar refractivity (Wildman–Crippen MR) is 108 cm³/mol. The third kappa shape index (κ3) is 4.17. The first-order chi connectivity index (χ1) is 13.7. The molecule has 0 aliphatic heterocycles. The second-order valence-corrected chi connectivity index (χ2v) is 7.41. The van der Waals surface area contributed by atoms with E-state index in [0.717, 1.165) is 5.39 Å². The van der Waals surface area contributed by atoms with Gasteiger partial charge in [0.2, 0.25) is 5.88 Å². The van der Waals surface area contributed by atoms with Crippen LogP contribution in [-0.2, 0) is 11.2 Å². The molecule has 0 aliphatic rings. The van der Waals surface area contributed by atoms with Crippen molar-refractivity contribution in [1.29, 1.82) is 0 Å². The van der Waals surface area contributed by atoms with Gasteiger partial charge in [-0.05, 0) is 42.5 Å². The number of anilines is 2. The molecule has 29 heavy (non-hydrogen) atoms. The first kappa shape index (κ1) is 20.2. The van der Waals surface area contributed by atoms with E-state index >= 15 is 0 Å². The number of nitrogens with zero attached hydrogens (tertiary/aromatic N) is 7. The maximum Gasteiger partial charge on any atom is 0.222 e. The Balaban J connectivity index is 2.11. The average molecular weight is 396 g/mol. The third-order valence-corrected chi connectivity index (χ3v) is 4.33. The van der Waals surface area contributed by atoms with Gasteiger partial charge in [0.1, 0.15) is 11.6 Å². The Kier molecular flexibility index (Phi) is 5.21. The summed E-state index contributed by atoms with van der Waals surface area (Å²) in [6.07, 6.45) is 4.71. The maximum atomic E-state index is 14.2. The van der Waals surface area contributed by atoms with Crippen LogP contribution in [0.3, 0.4) is 0 Å². The molecular weight excluding hydrogens is 375 g/mol. The number of rotatable bonds is 6. The van der Waals surface area contributed by atoms with Crippen LogP contribution in [0, 0.1) is 0 Å². The second-order valence-electron chi connectivity index (χ2n) is 7.41. The first-order valence-electron chi connectivity index (χ1n) is 8.84. The number of alkyl halides is 1. The van der Waals surface area contributed by atoms with E-state index in [9.17, 15) is 4.39 Å². The van der Waals surface area contributed by atoms with Gasteiger partial charge in [-0.1, -0.05) is 19.0 Å². The quantitative estimate of drug-likeness (QED) is 0.358. The number of nitrogens with one attached hydrogen (secondary N) is 1. The highest BCUT2D eigenvalue weighted by Crippen LogP contribution is 2.35. The van der Waals surface area contributed by atoms with E-state index in [1.54, 1.807) is 38.4 Å². The lowest BCUT2D eigenvalue weighted by atomic mass is 9.93. The molecule has 0 saturated carbocycles. The Hall–Kier alpha value is -3.52. The number of hydrogen-bond donors (Lipinski definition) is 1. The molecule has 0 amide bonds. The number of aromatic nitrogens is 4. The summed E-state index contributed by atoms with van der Waals surface area (Å²) in [5, 5.41) is 8.37. The zero-order valence-electron chi connectivity index (χ0n) is 16.8. The number of ether oxygens (including phenoxy) is 1. The van der Waals surface area contributed by atoms with Gasteiger partial charge in [-0.2, -0.15) is 0 Å². The summed E-state index contributed by atoms with van der Waals surface area (Å²) < 4.78 is 19.5. The van der Waals surface area contributed by atoms with E-state index in [-0.39, 0.29) is 5.82 Å². The van der Waals surface area contributed by atoms with Crippen LogP contribution in [0.15, 0.2) is 35.8 Å². The van der Waals surface area contributed by atoms with Crippen molar-refractivity contribution in [2.75, 3.05) is 12.4 Å². The highest BCUT2D eigenvalue weighted by atomic mass is 19.1. The lowest BCUT2D eigenvalue weighted by Gasteiger charge is -2.21. The van der Waals surface area contributed by atoms with Gasteiger partial charge < -0.3 is 10.1 Å². The summed E-state index contributed by atoms with van der Waals surface area (Å²) in [6.45, 7) is 6.37. The largest absolute Gasteiger partial charge is 0.481 e. The van der Waals surface area contributed by atoms with Crippen LogP contribution in [0.2, 0.25) is 0 Å². The number of pyridine rings is 2.